The lowest BCUT2D eigenvalue weighted by atomic mass is 9.92. The molecule has 1 aliphatic carbocycles. The molecule has 2 rings (SSSR count). The first kappa shape index (κ1) is 15.6. The quantitative estimate of drug-likeness (QED) is 0.576. The Morgan fingerprint density at radius 3 is 2.85 bits per heavy atom. The molecule has 0 heterocycles. The third-order valence-electron chi connectivity index (χ3n) is 3.64. The summed E-state index contributed by atoms with van der Waals surface area (Å²) in [6, 6.07) is 6.15. The Bertz CT molecular complexity index is 479. The molecule has 0 aliphatic heterocycles. The van der Waals surface area contributed by atoms with Gasteiger partial charge in [-0.1, -0.05) is 38.0 Å². The van der Waals surface area contributed by atoms with E-state index >= 15 is 0 Å². The van der Waals surface area contributed by atoms with E-state index in [0.29, 0.717) is 4.99 Å². The van der Waals surface area contributed by atoms with Crippen LogP contribution in [0.2, 0.25) is 0 Å². The molecule has 2 atom stereocenters. The lowest BCUT2D eigenvalue weighted by Gasteiger charge is -2.30. The van der Waals surface area contributed by atoms with Crippen LogP contribution in [0, 0.1) is 0 Å². The van der Waals surface area contributed by atoms with Gasteiger partial charge in [-0.15, -0.1) is 11.8 Å². The van der Waals surface area contributed by atoms with Crippen molar-refractivity contribution in [3.63, 3.8) is 0 Å². The van der Waals surface area contributed by atoms with Crippen LogP contribution in [0.4, 0.5) is 5.69 Å². The first-order valence-corrected chi connectivity index (χ1v) is 8.53. The van der Waals surface area contributed by atoms with E-state index in [0.717, 1.165) is 47.6 Å². The zero-order chi connectivity index (χ0) is 14.5. The van der Waals surface area contributed by atoms with Crippen molar-refractivity contribution in [2.24, 2.45) is 5.73 Å². The molecule has 3 nitrogen and oxygen atoms in total. The number of nitrogens with two attached hydrogens (primary N) is 1. The minimum Gasteiger partial charge on any atom is -0.391 e. The summed E-state index contributed by atoms with van der Waals surface area (Å²) in [5, 5.41) is 13.5. The van der Waals surface area contributed by atoms with Gasteiger partial charge in [0.15, 0.2) is 0 Å². The Morgan fingerprint density at radius 1 is 1.45 bits per heavy atom. The van der Waals surface area contributed by atoms with Crippen molar-refractivity contribution in [1.82, 2.24) is 0 Å². The summed E-state index contributed by atoms with van der Waals surface area (Å²) in [7, 11) is 0. The lowest BCUT2D eigenvalue weighted by molar-refractivity contribution is 0.116. The molecule has 1 aliphatic rings. The Kier molecular flexibility index (Phi) is 5.69. The van der Waals surface area contributed by atoms with Gasteiger partial charge in [-0.2, -0.15) is 0 Å². The summed E-state index contributed by atoms with van der Waals surface area (Å²) in [4.78, 5) is 1.52. The van der Waals surface area contributed by atoms with Gasteiger partial charge in [-0.25, -0.2) is 0 Å². The highest BCUT2D eigenvalue weighted by Gasteiger charge is 2.24. The molecule has 4 N–H and O–H groups in total. The van der Waals surface area contributed by atoms with E-state index in [4.69, 9.17) is 18.0 Å². The number of benzene rings is 1. The largest absolute Gasteiger partial charge is 0.391 e. The second kappa shape index (κ2) is 7.29. The van der Waals surface area contributed by atoms with Crippen LogP contribution < -0.4 is 11.1 Å². The van der Waals surface area contributed by atoms with Crippen LogP contribution in [0.3, 0.4) is 0 Å². The molecule has 0 bridgehead atoms. The molecule has 0 spiro atoms. The van der Waals surface area contributed by atoms with Crippen molar-refractivity contribution < 1.29 is 5.11 Å². The third kappa shape index (κ3) is 3.65. The van der Waals surface area contributed by atoms with Crippen molar-refractivity contribution in [2.75, 3.05) is 11.1 Å². The van der Waals surface area contributed by atoms with Gasteiger partial charge in [0.1, 0.15) is 4.99 Å². The molecule has 1 aromatic rings. The fraction of sp³-hybridized carbons (Fsp3) is 0.533. The third-order valence-corrected chi connectivity index (χ3v) is 4.79. The topological polar surface area (TPSA) is 58.3 Å². The van der Waals surface area contributed by atoms with Crippen LogP contribution >= 0.6 is 24.0 Å². The maximum absolute atomic E-state index is 10.1. The van der Waals surface area contributed by atoms with E-state index in [2.05, 4.69) is 12.2 Å². The van der Waals surface area contributed by atoms with Crippen molar-refractivity contribution in [1.29, 1.82) is 0 Å². The van der Waals surface area contributed by atoms with E-state index in [9.17, 15) is 5.11 Å². The Hall–Kier alpha value is -0.780. The molecule has 2 unspecified atom stereocenters. The molecule has 20 heavy (non-hydrogen) atoms. The van der Waals surface area contributed by atoms with Crippen LogP contribution in [-0.2, 0) is 0 Å². The predicted molar refractivity (Wildman–Crippen MR) is 90.6 cm³/mol. The summed E-state index contributed by atoms with van der Waals surface area (Å²) < 4.78 is 0. The van der Waals surface area contributed by atoms with Crippen LogP contribution in [0.5, 0.6) is 0 Å². The van der Waals surface area contributed by atoms with Crippen molar-refractivity contribution >= 4 is 34.7 Å². The van der Waals surface area contributed by atoms with E-state index in [1.807, 2.05) is 18.2 Å². The number of aliphatic hydroxyl groups excluding tert-OH is 1. The monoisotopic (exact) mass is 310 g/mol. The highest BCUT2D eigenvalue weighted by atomic mass is 32.2. The maximum Gasteiger partial charge on any atom is 0.107 e. The fourth-order valence-corrected chi connectivity index (χ4v) is 3.80. The van der Waals surface area contributed by atoms with Gasteiger partial charge in [-0.3, -0.25) is 0 Å². The Labute approximate surface area is 130 Å². The zero-order valence-corrected chi connectivity index (χ0v) is 13.4. The van der Waals surface area contributed by atoms with Crippen molar-refractivity contribution in [3.8, 4) is 0 Å². The molecule has 1 aromatic carbocycles. The second-order valence-corrected chi connectivity index (χ2v) is 6.82. The zero-order valence-electron chi connectivity index (χ0n) is 11.8. The molecule has 0 amide bonds. The number of hydrogen-bond donors (Lipinski definition) is 3. The Balaban J connectivity index is 2.26. The number of thiocarbonyl (C=S) groups is 1. The van der Waals surface area contributed by atoms with Gasteiger partial charge in [0.25, 0.3) is 0 Å². The van der Waals surface area contributed by atoms with E-state index in [1.165, 1.54) is 0 Å². The summed E-state index contributed by atoms with van der Waals surface area (Å²) in [5.74, 6) is 0.977. The maximum atomic E-state index is 10.1. The minimum absolute atomic E-state index is 0.0960. The number of anilines is 1. The molecule has 1 saturated carbocycles. The van der Waals surface area contributed by atoms with Crippen LogP contribution in [0.1, 0.15) is 38.2 Å². The van der Waals surface area contributed by atoms with Crippen molar-refractivity contribution in [2.45, 2.75) is 49.6 Å². The summed E-state index contributed by atoms with van der Waals surface area (Å²) in [6.45, 7) is 2.11. The SMILES string of the molecule is CCSc1cccc(NC2CCCCC2O)c1C(N)=S. The number of rotatable bonds is 5. The lowest BCUT2D eigenvalue weighted by Crippen LogP contribution is -2.37. The molecule has 0 saturated heterocycles. The second-order valence-electron chi connectivity index (χ2n) is 5.08. The molecule has 0 radical (unpaired) electrons. The van der Waals surface area contributed by atoms with Crippen LogP contribution in [-0.4, -0.2) is 28.0 Å². The van der Waals surface area contributed by atoms with Gasteiger partial charge in [0.05, 0.1) is 12.1 Å². The number of nitrogens with one attached hydrogen (secondary N) is 1. The van der Waals surface area contributed by atoms with E-state index in [1.54, 1.807) is 11.8 Å². The molecular formula is C15H22N2OS2. The Morgan fingerprint density at radius 2 is 2.20 bits per heavy atom. The first-order chi connectivity index (χ1) is 9.63. The molecule has 110 valence electrons. The highest BCUT2D eigenvalue weighted by Crippen LogP contribution is 2.30. The molecule has 1 fully saturated rings. The number of hydrogen-bond acceptors (Lipinski definition) is 4. The molecule has 5 heteroatoms. The van der Waals surface area contributed by atoms with Gasteiger partial charge >= 0.3 is 0 Å². The minimum atomic E-state index is -0.287. The van der Waals surface area contributed by atoms with Gasteiger partial charge in [-0.05, 0) is 30.7 Å². The average molecular weight is 310 g/mol. The predicted octanol–water partition coefficient (Wildman–Crippen LogP) is 3.15. The summed E-state index contributed by atoms with van der Waals surface area (Å²) >= 11 is 6.95. The summed E-state index contributed by atoms with van der Waals surface area (Å²) in [6.07, 6.45) is 3.82. The van der Waals surface area contributed by atoms with Gasteiger partial charge in [0, 0.05) is 16.1 Å². The fourth-order valence-electron chi connectivity index (χ4n) is 2.66. The standard InChI is InChI=1S/C15H22N2OS2/c1-2-20-13-9-5-7-11(14(13)15(16)19)17-10-6-3-4-8-12(10)18/h5,7,9-10,12,17-18H,2-4,6,8H2,1H3,(H2,16,19). The average Bonchev–Trinajstić information content (AvgIpc) is 2.41. The molecule has 0 aromatic heterocycles. The smallest absolute Gasteiger partial charge is 0.107 e. The summed E-state index contributed by atoms with van der Waals surface area (Å²) in [5.41, 5.74) is 7.76. The van der Waals surface area contributed by atoms with E-state index in [-0.39, 0.29) is 12.1 Å². The van der Waals surface area contributed by atoms with Crippen LogP contribution in [0.25, 0.3) is 0 Å². The molecular weight excluding hydrogens is 288 g/mol. The van der Waals surface area contributed by atoms with Crippen LogP contribution in [0.15, 0.2) is 23.1 Å². The van der Waals surface area contributed by atoms with Crippen molar-refractivity contribution in [3.05, 3.63) is 23.8 Å². The number of thioether (sulfide) groups is 1. The van der Waals surface area contributed by atoms with Gasteiger partial charge < -0.3 is 16.2 Å². The normalized spacial score (nSPS) is 22.5. The van der Waals surface area contributed by atoms with E-state index < -0.39 is 0 Å². The van der Waals surface area contributed by atoms with Gasteiger partial charge in [0.2, 0.25) is 0 Å². The number of aliphatic hydroxyl groups is 1. The first-order valence-electron chi connectivity index (χ1n) is 7.13. The highest BCUT2D eigenvalue weighted by molar-refractivity contribution is 7.99.